The van der Waals surface area contributed by atoms with Crippen molar-refractivity contribution in [2.75, 3.05) is 27.3 Å². The third kappa shape index (κ3) is 6.47. The molecule has 4 aromatic rings. The number of nitrogens with two attached hydrogens (primary N) is 1. The smallest absolute Gasteiger partial charge is 0.184 e. The van der Waals surface area contributed by atoms with E-state index in [0.29, 0.717) is 6.54 Å². The van der Waals surface area contributed by atoms with E-state index in [1.54, 1.807) is 14.2 Å². The van der Waals surface area contributed by atoms with E-state index in [0.717, 1.165) is 77.4 Å². The van der Waals surface area contributed by atoms with E-state index in [2.05, 4.69) is 65.6 Å². The normalized spacial score (nSPS) is 20.4. The number of ether oxygens (including phenoxy) is 4. The van der Waals surface area contributed by atoms with Gasteiger partial charge in [-0.15, -0.1) is 0 Å². The molecule has 0 saturated carbocycles. The molecule has 0 aromatic heterocycles. The highest BCUT2D eigenvalue weighted by molar-refractivity contribution is 5.67. The lowest BCUT2D eigenvalue weighted by atomic mass is 9.96. The number of rotatable bonds is 9. The van der Waals surface area contributed by atoms with Crippen molar-refractivity contribution in [1.82, 2.24) is 4.90 Å². The fraction of sp³-hybridized carbons (Fsp3) is 0.333. The van der Waals surface area contributed by atoms with Crippen LogP contribution in [0, 0.1) is 0 Å². The summed E-state index contributed by atoms with van der Waals surface area (Å²) in [6, 6.07) is 28.9. The molecule has 6 rings (SSSR count). The van der Waals surface area contributed by atoms with Gasteiger partial charge in [-0.1, -0.05) is 72.8 Å². The van der Waals surface area contributed by atoms with Gasteiger partial charge in [0.25, 0.3) is 0 Å². The number of hydrogen-bond donors (Lipinski definition) is 2. The Bertz CT molecular complexity index is 1520. The molecule has 1 fully saturated rings. The molecular formula is C36H40N2O5. The van der Waals surface area contributed by atoms with Crippen LogP contribution in [0.1, 0.15) is 52.2 Å². The summed E-state index contributed by atoms with van der Waals surface area (Å²) in [5.41, 5.74) is 14.9. The van der Waals surface area contributed by atoms with Gasteiger partial charge in [-0.2, -0.15) is 0 Å². The van der Waals surface area contributed by atoms with Gasteiger partial charge in [0.1, 0.15) is 0 Å². The fourth-order valence-corrected chi connectivity index (χ4v) is 6.22. The molecule has 0 radical (unpaired) electrons. The van der Waals surface area contributed by atoms with Gasteiger partial charge in [-0.05, 0) is 57.5 Å². The number of hydrogen-bond acceptors (Lipinski definition) is 7. The van der Waals surface area contributed by atoms with E-state index in [-0.39, 0.29) is 18.8 Å². The van der Waals surface area contributed by atoms with Crippen molar-refractivity contribution in [3.8, 4) is 22.6 Å². The maximum Gasteiger partial charge on any atom is 0.184 e. The summed E-state index contributed by atoms with van der Waals surface area (Å²) in [7, 11) is 3.36. The topological polar surface area (TPSA) is 86.4 Å². The number of fused-ring (bicyclic) bond motifs is 1. The molecule has 3 N–H and O–H groups in total. The number of aliphatic hydroxyl groups is 1. The first kappa shape index (κ1) is 29.4. The van der Waals surface area contributed by atoms with Crippen LogP contribution < -0.4 is 15.2 Å². The van der Waals surface area contributed by atoms with Crippen LogP contribution in [0.15, 0.2) is 84.9 Å². The Balaban J connectivity index is 1.23. The van der Waals surface area contributed by atoms with E-state index < -0.39 is 6.29 Å². The molecule has 2 aliphatic heterocycles. The second kappa shape index (κ2) is 13.3. The molecule has 224 valence electrons. The Labute approximate surface area is 253 Å². The van der Waals surface area contributed by atoms with E-state index in [1.807, 2.05) is 24.3 Å². The van der Waals surface area contributed by atoms with Gasteiger partial charge in [0.15, 0.2) is 17.8 Å². The van der Waals surface area contributed by atoms with Gasteiger partial charge in [0.05, 0.1) is 33.0 Å². The minimum absolute atomic E-state index is 0.0207. The molecule has 1 saturated heterocycles. The van der Waals surface area contributed by atoms with Crippen molar-refractivity contribution in [1.29, 1.82) is 0 Å². The van der Waals surface area contributed by atoms with E-state index in [4.69, 9.17) is 24.7 Å². The van der Waals surface area contributed by atoms with Crippen molar-refractivity contribution >= 4 is 0 Å². The van der Waals surface area contributed by atoms with Crippen LogP contribution in [0.3, 0.4) is 0 Å². The SMILES string of the molecule is COc1cc2c(cc1OC)CN(C[C@H]1C[C@@H](c3ccc(CO)cc3)O[C@@H](c3ccc(-c4ccccc4CN)cc3)O1)CC2. The molecule has 7 nitrogen and oxygen atoms in total. The average Bonchev–Trinajstić information content (AvgIpc) is 3.07. The van der Waals surface area contributed by atoms with Crippen LogP contribution in [-0.2, 0) is 35.6 Å². The zero-order valence-electron chi connectivity index (χ0n) is 24.9. The van der Waals surface area contributed by atoms with Crippen molar-refractivity contribution in [3.63, 3.8) is 0 Å². The van der Waals surface area contributed by atoms with Gasteiger partial charge in [-0.25, -0.2) is 0 Å². The summed E-state index contributed by atoms with van der Waals surface area (Å²) in [6.45, 7) is 3.07. The van der Waals surface area contributed by atoms with Crippen molar-refractivity contribution in [3.05, 3.63) is 118 Å². The lowest BCUT2D eigenvalue weighted by molar-refractivity contribution is -0.253. The second-order valence-electron chi connectivity index (χ2n) is 11.3. The summed E-state index contributed by atoms with van der Waals surface area (Å²) >= 11 is 0. The highest BCUT2D eigenvalue weighted by Crippen LogP contribution is 2.40. The number of methoxy groups -OCH3 is 2. The van der Waals surface area contributed by atoms with Crippen molar-refractivity contribution < 1.29 is 24.1 Å². The predicted octanol–water partition coefficient (Wildman–Crippen LogP) is 5.93. The number of benzene rings is 4. The van der Waals surface area contributed by atoms with Gasteiger partial charge >= 0.3 is 0 Å². The minimum atomic E-state index is -0.499. The molecule has 0 amide bonds. The molecule has 0 unspecified atom stereocenters. The van der Waals surface area contributed by atoms with Crippen LogP contribution in [0.4, 0.5) is 0 Å². The fourth-order valence-electron chi connectivity index (χ4n) is 6.22. The van der Waals surface area contributed by atoms with E-state index in [1.165, 1.54) is 11.1 Å². The highest BCUT2D eigenvalue weighted by Gasteiger charge is 2.34. The van der Waals surface area contributed by atoms with Crippen molar-refractivity contribution in [2.45, 2.75) is 51.0 Å². The molecule has 2 heterocycles. The third-order valence-corrected chi connectivity index (χ3v) is 8.61. The minimum Gasteiger partial charge on any atom is -0.493 e. The highest BCUT2D eigenvalue weighted by atomic mass is 16.7. The lowest BCUT2D eigenvalue weighted by Crippen LogP contribution is -2.41. The Morgan fingerprint density at radius 1 is 0.860 bits per heavy atom. The van der Waals surface area contributed by atoms with E-state index >= 15 is 0 Å². The molecular weight excluding hydrogens is 540 g/mol. The van der Waals surface area contributed by atoms with Crippen LogP contribution in [0.25, 0.3) is 11.1 Å². The standard InChI is InChI=1S/C36H40N2O5/c1-40-34-17-28-15-16-38(21-30(28)18-35(34)41-2)22-31-19-33(26-9-7-24(23-39)8-10-26)43-36(42-31)27-13-11-25(12-14-27)32-6-4-3-5-29(32)20-37/h3-14,17-18,31,33,36,39H,15-16,19-23,37H2,1-2H3/t31-,33+,36+/m1/s1. The van der Waals surface area contributed by atoms with Crippen LogP contribution in [0.5, 0.6) is 11.5 Å². The molecule has 4 aromatic carbocycles. The third-order valence-electron chi connectivity index (χ3n) is 8.61. The quantitative estimate of drug-likeness (QED) is 0.254. The molecule has 0 bridgehead atoms. The average molecular weight is 581 g/mol. The maximum atomic E-state index is 9.54. The molecule has 3 atom stereocenters. The van der Waals surface area contributed by atoms with Gasteiger partial charge in [0, 0.05) is 38.2 Å². The van der Waals surface area contributed by atoms with Crippen LogP contribution in [0.2, 0.25) is 0 Å². The molecule has 0 aliphatic carbocycles. The van der Waals surface area contributed by atoms with Gasteiger partial charge in [0.2, 0.25) is 0 Å². The molecule has 2 aliphatic rings. The summed E-state index contributed by atoms with van der Waals surface area (Å²) in [6.07, 6.45) is 1.03. The Morgan fingerprint density at radius 3 is 2.26 bits per heavy atom. The Hall–Kier alpha value is -3.72. The summed E-state index contributed by atoms with van der Waals surface area (Å²) in [4.78, 5) is 2.46. The van der Waals surface area contributed by atoms with E-state index in [9.17, 15) is 5.11 Å². The monoisotopic (exact) mass is 580 g/mol. The van der Waals surface area contributed by atoms with Gasteiger partial charge in [-0.3, -0.25) is 4.90 Å². The lowest BCUT2D eigenvalue weighted by Gasteiger charge is -2.39. The molecule has 43 heavy (non-hydrogen) atoms. The summed E-state index contributed by atoms with van der Waals surface area (Å²) in [5, 5.41) is 9.54. The Kier molecular flexibility index (Phi) is 9.07. The van der Waals surface area contributed by atoms with Gasteiger partial charge < -0.3 is 29.8 Å². The molecule has 0 spiro atoms. The first-order valence-corrected chi connectivity index (χ1v) is 14.9. The first-order chi connectivity index (χ1) is 21.1. The second-order valence-corrected chi connectivity index (χ2v) is 11.3. The molecule has 7 heteroatoms. The first-order valence-electron chi connectivity index (χ1n) is 14.9. The zero-order valence-corrected chi connectivity index (χ0v) is 24.9. The van der Waals surface area contributed by atoms with Crippen LogP contribution in [-0.4, -0.2) is 43.4 Å². The summed E-state index contributed by atoms with van der Waals surface area (Å²) in [5.74, 6) is 1.53. The maximum absolute atomic E-state index is 9.54. The zero-order chi connectivity index (χ0) is 29.8. The summed E-state index contributed by atoms with van der Waals surface area (Å²) < 4.78 is 24.4. The predicted molar refractivity (Wildman–Crippen MR) is 167 cm³/mol. The largest absolute Gasteiger partial charge is 0.493 e. The van der Waals surface area contributed by atoms with Crippen LogP contribution >= 0.6 is 0 Å². The number of aliphatic hydroxyl groups excluding tert-OH is 1. The Morgan fingerprint density at radius 2 is 1.56 bits per heavy atom. The van der Waals surface area contributed by atoms with Crippen molar-refractivity contribution in [2.24, 2.45) is 5.73 Å². The number of nitrogens with zero attached hydrogens (tertiary/aromatic N) is 1.